The lowest BCUT2D eigenvalue weighted by Gasteiger charge is -2.18. The third-order valence-corrected chi connectivity index (χ3v) is 3.17. The Morgan fingerprint density at radius 1 is 1.47 bits per heavy atom. The van der Waals surface area contributed by atoms with Gasteiger partial charge in [-0.15, -0.1) is 0 Å². The Morgan fingerprint density at radius 2 is 2.29 bits per heavy atom. The quantitative estimate of drug-likeness (QED) is 0.771. The van der Waals surface area contributed by atoms with Gasteiger partial charge in [-0.3, -0.25) is 0 Å². The van der Waals surface area contributed by atoms with Crippen molar-refractivity contribution in [2.24, 2.45) is 0 Å². The number of nitrogens with zero attached hydrogens (tertiary/aromatic N) is 1. The van der Waals surface area contributed by atoms with E-state index < -0.39 is 0 Å². The molecule has 4 heteroatoms. The molecule has 1 aromatic rings. The minimum absolute atomic E-state index is 0.448. The molecule has 3 nitrogen and oxygen atoms in total. The van der Waals surface area contributed by atoms with Gasteiger partial charge in [-0.1, -0.05) is 13.8 Å². The molecule has 0 aliphatic heterocycles. The maximum Gasteiger partial charge on any atom is 0.168 e. The fraction of sp³-hybridized carbons (Fsp3) is 0.615. The highest BCUT2D eigenvalue weighted by Gasteiger charge is 2.10. The maximum absolute atomic E-state index is 5.68. The first-order valence-corrected chi connectivity index (χ1v) is 7.54. The van der Waals surface area contributed by atoms with Crippen LogP contribution in [0.5, 0.6) is 5.75 Å². The summed E-state index contributed by atoms with van der Waals surface area (Å²) in [4.78, 5) is 4.36. The first-order valence-electron chi connectivity index (χ1n) is 6.15. The smallest absolute Gasteiger partial charge is 0.168 e. The first-order chi connectivity index (χ1) is 8.31. The van der Waals surface area contributed by atoms with Gasteiger partial charge in [-0.05, 0) is 31.2 Å². The van der Waals surface area contributed by atoms with E-state index in [2.05, 4.69) is 30.4 Å². The molecule has 17 heavy (non-hydrogen) atoms. The molecule has 0 aromatic carbocycles. The van der Waals surface area contributed by atoms with Gasteiger partial charge in [0.05, 0.1) is 6.61 Å². The Balaban J connectivity index is 2.67. The molecule has 0 radical (unpaired) electrons. The Labute approximate surface area is 108 Å². The Morgan fingerprint density at radius 3 is 2.94 bits per heavy atom. The highest BCUT2D eigenvalue weighted by molar-refractivity contribution is 7.98. The lowest BCUT2D eigenvalue weighted by Crippen LogP contribution is -2.22. The van der Waals surface area contributed by atoms with Crippen LogP contribution < -0.4 is 10.1 Å². The number of hydrogen-bond acceptors (Lipinski definition) is 4. The number of nitrogens with one attached hydrogen (secondary N) is 1. The zero-order valence-corrected chi connectivity index (χ0v) is 11.7. The van der Waals surface area contributed by atoms with E-state index in [4.69, 9.17) is 4.74 Å². The summed E-state index contributed by atoms with van der Waals surface area (Å²) >= 11 is 1.85. The maximum atomic E-state index is 5.68. The van der Waals surface area contributed by atoms with E-state index in [1.54, 1.807) is 6.20 Å². The molecule has 0 aliphatic rings. The van der Waals surface area contributed by atoms with Gasteiger partial charge in [0, 0.05) is 18.0 Å². The molecule has 0 amide bonds. The number of ether oxygens (including phenoxy) is 1. The van der Waals surface area contributed by atoms with E-state index in [9.17, 15) is 0 Å². The van der Waals surface area contributed by atoms with Crippen LogP contribution in [0.15, 0.2) is 18.3 Å². The monoisotopic (exact) mass is 254 g/mol. The summed E-state index contributed by atoms with van der Waals surface area (Å²) in [7, 11) is 0. The summed E-state index contributed by atoms with van der Waals surface area (Å²) in [5.41, 5.74) is 0. The second-order valence-electron chi connectivity index (χ2n) is 3.90. The lowest BCUT2D eigenvalue weighted by molar-refractivity contribution is 0.317. The third-order valence-electron chi connectivity index (χ3n) is 2.43. The van der Waals surface area contributed by atoms with Crippen LogP contribution >= 0.6 is 11.8 Å². The van der Waals surface area contributed by atoms with Crippen LogP contribution in [0.1, 0.15) is 26.7 Å². The van der Waals surface area contributed by atoms with Crippen molar-refractivity contribution in [3.63, 3.8) is 0 Å². The second kappa shape index (κ2) is 8.23. The van der Waals surface area contributed by atoms with Crippen molar-refractivity contribution in [1.82, 2.24) is 4.98 Å². The molecule has 0 bridgehead atoms. The molecule has 1 atom stereocenters. The van der Waals surface area contributed by atoms with E-state index in [1.807, 2.05) is 23.9 Å². The van der Waals surface area contributed by atoms with Crippen molar-refractivity contribution in [3.8, 4) is 5.75 Å². The minimum atomic E-state index is 0.448. The van der Waals surface area contributed by atoms with Gasteiger partial charge < -0.3 is 10.1 Å². The van der Waals surface area contributed by atoms with Crippen LogP contribution in [0.4, 0.5) is 5.82 Å². The summed E-state index contributed by atoms with van der Waals surface area (Å²) < 4.78 is 5.68. The molecule has 0 saturated heterocycles. The van der Waals surface area contributed by atoms with Crippen LogP contribution in [0.3, 0.4) is 0 Å². The zero-order chi connectivity index (χ0) is 12.5. The molecule has 0 saturated carbocycles. The van der Waals surface area contributed by atoms with Gasteiger partial charge in [-0.25, -0.2) is 4.98 Å². The lowest BCUT2D eigenvalue weighted by atomic mass is 10.2. The molecule has 1 unspecified atom stereocenters. The van der Waals surface area contributed by atoms with Crippen LogP contribution in [0, 0.1) is 0 Å². The van der Waals surface area contributed by atoms with Crippen LogP contribution in [-0.4, -0.2) is 29.6 Å². The standard InChI is InChI=1S/C13H22N2OS/c1-4-9-16-12-7-6-8-14-13(12)15-11(5-2)10-17-3/h6-8,11H,4-5,9-10H2,1-3H3,(H,14,15). The van der Waals surface area contributed by atoms with Crippen molar-refractivity contribution < 1.29 is 4.74 Å². The van der Waals surface area contributed by atoms with Crippen LogP contribution in [-0.2, 0) is 0 Å². The highest BCUT2D eigenvalue weighted by atomic mass is 32.2. The fourth-order valence-electron chi connectivity index (χ4n) is 1.48. The average molecular weight is 254 g/mol. The van der Waals surface area contributed by atoms with Crippen molar-refractivity contribution in [1.29, 1.82) is 0 Å². The van der Waals surface area contributed by atoms with E-state index >= 15 is 0 Å². The summed E-state index contributed by atoms with van der Waals surface area (Å²) in [5, 5.41) is 3.45. The average Bonchev–Trinajstić information content (AvgIpc) is 2.37. The summed E-state index contributed by atoms with van der Waals surface area (Å²) in [6.45, 7) is 5.02. The summed E-state index contributed by atoms with van der Waals surface area (Å²) in [5.74, 6) is 2.80. The van der Waals surface area contributed by atoms with Gasteiger partial charge in [0.15, 0.2) is 11.6 Å². The number of anilines is 1. The predicted octanol–water partition coefficient (Wildman–Crippen LogP) is 3.42. The molecule has 1 N–H and O–H groups in total. The molecule has 0 fully saturated rings. The number of aromatic nitrogens is 1. The molecule has 0 spiro atoms. The van der Waals surface area contributed by atoms with Crippen molar-refractivity contribution >= 4 is 17.6 Å². The van der Waals surface area contributed by atoms with Gasteiger partial charge in [0.25, 0.3) is 0 Å². The first kappa shape index (κ1) is 14.2. The van der Waals surface area contributed by atoms with E-state index in [-0.39, 0.29) is 0 Å². The molecule has 0 aliphatic carbocycles. The largest absolute Gasteiger partial charge is 0.490 e. The second-order valence-corrected chi connectivity index (χ2v) is 4.81. The number of rotatable bonds is 8. The zero-order valence-electron chi connectivity index (χ0n) is 10.9. The van der Waals surface area contributed by atoms with Gasteiger partial charge in [-0.2, -0.15) is 11.8 Å². The van der Waals surface area contributed by atoms with Crippen LogP contribution in [0.2, 0.25) is 0 Å². The molecule has 1 rings (SSSR count). The SMILES string of the molecule is CCCOc1cccnc1NC(CC)CSC. The van der Waals surface area contributed by atoms with Crippen molar-refractivity contribution in [2.75, 3.05) is 23.9 Å². The number of pyridine rings is 1. The van der Waals surface area contributed by atoms with E-state index in [0.717, 1.165) is 36.8 Å². The Hall–Kier alpha value is -0.900. The molecular weight excluding hydrogens is 232 g/mol. The highest BCUT2D eigenvalue weighted by Crippen LogP contribution is 2.22. The Kier molecular flexibility index (Phi) is 6.86. The van der Waals surface area contributed by atoms with Crippen molar-refractivity contribution in [3.05, 3.63) is 18.3 Å². The number of hydrogen-bond donors (Lipinski definition) is 1. The normalized spacial score (nSPS) is 12.2. The predicted molar refractivity (Wildman–Crippen MR) is 76.1 cm³/mol. The third kappa shape index (κ3) is 4.86. The minimum Gasteiger partial charge on any atom is -0.490 e. The van der Waals surface area contributed by atoms with Crippen molar-refractivity contribution in [2.45, 2.75) is 32.7 Å². The summed E-state index contributed by atoms with van der Waals surface area (Å²) in [6, 6.07) is 4.33. The van der Waals surface area contributed by atoms with Crippen LogP contribution in [0.25, 0.3) is 0 Å². The van der Waals surface area contributed by atoms with E-state index in [1.165, 1.54) is 0 Å². The molecule has 1 heterocycles. The van der Waals surface area contributed by atoms with Gasteiger partial charge >= 0.3 is 0 Å². The molecule has 96 valence electrons. The number of thioether (sulfide) groups is 1. The summed E-state index contributed by atoms with van der Waals surface area (Å²) in [6.07, 6.45) is 6.02. The topological polar surface area (TPSA) is 34.1 Å². The molecular formula is C13H22N2OS. The fourth-order valence-corrected chi connectivity index (χ4v) is 2.20. The molecule has 1 aromatic heterocycles. The van der Waals surface area contributed by atoms with E-state index in [0.29, 0.717) is 6.04 Å². The van der Waals surface area contributed by atoms with Gasteiger partial charge in [0.1, 0.15) is 0 Å². The Bertz CT molecular complexity index is 320. The van der Waals surface area contributed by atoms with Gasteiger partial charge in [0.2, 0.25) is 0 Å².